The van der Waals surface area contributed by atoms with E-state index in [9.17, 15) is 9.90 Å². The zero-order chi connectivity index (χ0) is 13.2. The second-order valence-electron chi connectivity index (χ2n) is 5.00. The van der Waals surface area contributed by atoms with Gasteiger partial charge in [0.15, 0.2) is 6.61 Å². The predicted octanol–water partition coefficient (Wildman–Crippen LogP) is 1.22. The van der Waals surface area contributed by atoms with Crippen LogP contribution in [-0.4, -0.2) is 41.2 Å². The number of hydrogen-bond acceptors (Lipinski definition) is 3. The lowest BCUT2D eigenvalue weighted by Crippen LogP contribution is -2.62. The fourth-order valence-corrected chi connectivity index (χ4v) is 2.12. The Balaban J connectivity index is 1.86. The Kier molecular flexibility index (Phi) is 3.57. The van der Waals surface area contributed by atoms with E-state index < -0.39 is 5.60 Å². The van der Waals surface area contributed by atoms with Crippen LogP contribution in [-0.2, 0) is 11.2 Å². The Morgan fingerprint density at radius 3 is 2.72 bits per heavy atom. The minimum absolute atomic E-state index is 0.0348. The molecule has 0 saturated carbocycles. The van der Waals surface area contributed by atoms with Gasteiger partial charge >= 0.3 is 0 Å². The molecule has 18 heavy (non-hydrogen) atoms. The number of aliphatic hydroxyl groups is 1. The lowest BCUT2D eigenvalue weighted by Gasteiger charge is -2.44. The number of likely N-dealkylation sites (tertiary alicyclic amines) is 1. The number of carbonyl (C=O) groups excluding carboxylic acids is 1. The molecule has 0 radical (unpaired) electrons. The molecule has 0 aliphatic carbocycles. The lowest BCUT2D eigenvalue weighted by atomic mass is 9.97. The van der Waals surface area contributed by atoms with Crippen molar-refractivity contribution in [1.82, 2.24) is 4.90 Å². The van der Waals surface area contributed by atoms with Gasteiger partial charge in [-0.25, -0.2) is 0 Å². The molecule has 0 atom stereocenters. The van der Waals surface area contributed by atoms with Gasteiger partial charge in [-0.05, 0) is 25.0 Å². The van der Waals surface area contributed by atoms with Gasteiger partial charge in [0.05, 0.1) is 18.7 Å². The number of hydrogen-bond donors (Lipinski definition) is 1. The van der Waals surface area contributed by atoms with E-state index in [1.165, 1.54) is 0 Å². The van der Waals surface area contributed by atoms with Crippen LogP contribution in [0.25, 0.3) is 0 Å². The molecular formula is C14H19NO3. The molecule has 1 saturated heterocycles. The number of ether oxygens (including phenoxy) is 1. The Morgan fingerprint density at radius 1 is 1.44 bits per heavy atom. The van der Waals surface area contributed by atoms with Gasteiger partial charge in [0.2, 0.25) is 0 Å². The van der Waals surface area contributed by atoms with Gasteiger partial charge in [-0.3, -0.25) is 4.79 Å². The van der Waals surface area contributed by atoms with Crippen LogP contribution in [0.3, 0.4) is 0 Å². The largest absolute Gasteiger partial charge is 0.483 e. The van der Waals surface area contributed by atoms with Crippen LogP contribution in [0.4, 0.5) is 0 Å². The summed E-state index contributed by atoms with van der Waals surface area (Å²) in [6.45, 7) is 4.60. The molecule has 1 aromatic carbocycles. The maximum Gasteiger partial charge on any atom is 0.260 e. The van der Waals surface area contributed by atoms with Crippen LogP contribution in [0, 0.1) is 0 Å². The molecular weight excluding hydrogens is 230 g/mol. The third-order valence-corrected chi connectivity index (χ3v) is 3.12. The van der Waals surface area contributed by atoms with Gasteiger partial charge in [0.1, 0.15) is 5.75 Å². The van der Waals surface area contributed by atoms with E-state index in [1.807, 2.05) is 24.3 Å². The average Bonchev–Trinajstić information content (AvgIpc) is 2.33. The summed E-state index contributed by atoms with van der Waals surface area (Å²) in [5.41, 5.74) is 0.373. The fraction of sp³-hybridized carbons (Fsp3) is 0.500. The highest BCUT2D eigenvalue weighted by molar-refractivity contribution is 5.79. The summed E-state index contributed by atoms with van der Waals surface area (Å²) in [4.78, 5) is 13.4. The summed E-state index contributed by atoms with van der Waals surface area (Å²) < 4.78 is 5.54. The minimum Gasteiger partial charge on any atom is -0.483 e. The third kappa shape index (κ3) is 2.82. The van der Waals surface area contributed by atoms with E-state index in [-0.39, 0.29) is 12.5 Å². The molecule has 0 bridgehead atoms. The zero-order valence-electron chi connectivity index (χ0n) is 10.8. The van der Waals surface area contributed by atoms with Crippen molar-refractivity contribution >= 4 is 5.91 Å². The van der Waals surface area contributed by atoms with E-state index in [0.29, 0.717) is 13.1 Å². The number of rotatable bonds is 4. The molecule has 2 rings (SSSR count). The van der Waals surface area contributed by atoms with Crippen LogP contribution >= 0.6 is 0 Å². The summed E-state index contributed by atoms with van der Waals surface area (Å²) in [6.07, 6.45) is 0.878. The molecule has 1 aliphatic rings. The Bertz CT molecular complexity index is 434. The lowest BCUT2D eigenvalue weighted by molar-refractivity contribution is -0.154. The Labute approximate surface area is 107 Å². The molecule has 0 spiro atoms. The van der Waals surface area contributed by atoms with Gasteiger partial charge in [-0.2, -0.15) is 0 Å². The van der Waals surface area contributed by atoms with E-state index in [0.717, 1.165) is 17.7 Å². The first-order valence-corrected chi connectivity index (χ1v) is 6.23. The van der Waals surface area contributed by atoms with Gasteiger partial charge in [-0.15, -0.1) is 0 Å². The molecule has 1 heterocycles. The molecule has 4 heteroatoms. The third-order valence-electron chi connectivity index (χ3n) is 3.12. The van der Waals surface area contributed by atoms with E-state index >= 15 is 0 Å². The highest BCUT2D eigenvalue weighted by atomic mass is 16.5. The summed E-state index contributed by atoms with van der Waals surface area (Å²) in [5.74, 6) is 0.688. The van der Waals surface area contributed by atoms with E-state index in [4.69, 9.17) is 4.74 Å². The summed E-state index contributed by atoms with van der Waals surface area (Å²) in [6, 6.07) is 7.72. The van der Waals surface area contributed by atoms with Crippen molar-refractivity contribution < 1.29 is 14.6 Å². The smallest absolute Gasteiger partial charge is 0.260 e. The first kappa shape index (κ1) is 12.9. The number of aryl methyl sites for hydroxylation is 1. The minimum atomic E-state index is -0.725. The standard InChI is InChI=1S/C14H19NO3/c1-3-11-6-4-5-7-12(11)18-8-13(16)15-9-14(2,17)10-15/h4-7,17H,3,8-10H2,1-2H3. The second kappa shape index (κ2) is 4.98. The van der Waals surface area contributed by atoms with Crippen molar-refractivity contribution in [3.63, 3.8) is 0 Å². The molecule has 0 unspecified atom stereocenters. The molecule has 0 aromatic heterocycles. The van der Waals surface area contributed by atoms with Crippen molar-refractivity contribution in [2.75, 3.05) is 19.7 Å². The van der Waals surface area contributed by atoms with Crippen molar-refractivity contribution in [3.8, 4) is 5.75 Å². The van der Waals surface area contributed by atoms with Gasteiger partial charge in [0, 0.05) is 0 Å². The number of amides is 1. The molecule has 4 nitrogen and oxygen atoms in total. The van der Waals surface area contributed by atoms with Crippen LogP contribution in [0.5, 0.6) is 5.75 Å². The maximum atomic E-state index is 11.8. The van der Waals surface area contributed by atoms with Crippen molar-refractivity contribution in [2.24, 2.45) is 0 Å². The Morgan fingerprint density at radius 2 is 2.11 bits per heavy atom. The number of para-hydroxylation sites is 1. The van der Waals surface area contributed by atoms with Crippen LogP contribution < -0.4 is 4.74 Å². The zero-order valence-corrected chi connectivity index (χ0v) is 10.8. The van der Waals surface area contributed by atoms with Crippen molar-refractivity contribution in [2.45, 2.75) is 25.9 Å². The summed E-state index contributed by atoms with van der Waals surface area (Å²) in [5, 5.41) is 9.57. The van der Waals surface area contributed by atoms with Gasteiger partial charge in [-0.1, -0.05) is 25.1 Å². The number of benzene rings is 1. The highest BCUT2D eigenvalue weighted by Gasteiger charge is 2.39. The van der Waals surface area contributed by atoms with E-state index in [2.05, 4.69) is 6.92 Å². The number of β-amino-alcohol motifs (C(OH)–C–C–N with tert-alkyl or cyclic N) is 1. The average molecular weight is 249 g/mol. The van der Waals surface area contributed by atoms with Crippen LogP contribution in [0.1, 0.15) is 19.4 Å². The monoisotopic (exact) mass is 249 g/mol. The quantitative estimate of drug-likeness (QED) is 0.873. The normalized spacial score (nSPS) is 17.2. The van der Waals surface area contributed by atoms with Crippen molar-refractivity contribution in [3.05, 3.63) is 29.8 Å². The SMILES string of the molecule is CCc1ccccc1OCC(=O)N1CC(C)(O)C1. The second-order valence-corrected chi connectivity index (χ2v) is 5.00. The van der Waals surface area contributed by atoms with E-state index in [1.54, 1.807) is 11.8 Å². The van der Waals surface area contributed by atoms with Crippen LogP contribution in [0.15, 0.2) is 24.3 Å². The Hall–Kier alpha value is -1.55. The van der Waals surface area contributed by atoms with Gasteiger partial charge < -0.3 is 14.7 Å². The number of carbonyl (C=O) groups is 1. The van der Waals surface area contributed by atoms with Crippen LogP contribution in [0.2, 0.25) is 0 Å². The molecule has 1 amide bonds. The molecule has 1 N–H and O–H groups in total. The van der Waals surface area contributed by atoms with Gasteiger partial charge in [0.25, 0.3) is 5.91 Å². The fourth-order valence-electron chi connectivity index (χ4n) is 2.12. The first-order chi connectivity index (χ1) is 8.52. The van der Waals surface area contributed by atoms with Crippen molar-refractivity contribution in [1.29, 1.82) is 0 Å². The molecule has 1 aliphatic heterocycles. The highest BCUT2D eigenvalue weighted by Crippen LogP contribution is 2.21. The topological polar surface area (TPSA) is 49.8 Å². The first-order valence-electron chi connectivity index (χ1n) is 6.23. The number of nitrogens with zero attached hydrogens (tertiary/aromatic N) is 1. The molecule has 1 fully saturated rings. The summed E-state index contributed by atoms with van der Waals surface area (Å²) in [7, 11) is 0. The predicted molar refractivity (Wildman–Crippen MR) is 68.5 cm³/mol. The molecule has 1 aromatic rings. The summed E-state index contributed by atoms with van der Waals surface area (Å²) >= 11 is 0. The maximum absolute atomic E-state index is 11.8. The molecule has 98 valence electrons.